The number of nitrogens with zero attached hydrogens (tertiary/aromatic N) is 3. The van der Waals surface area contributed by atoms with Crippen LogP contribution in [-0.2, 0) is 4.79 Å². The highest BCUT2D eigenvalue weighted by atomic mass is 32.2. The molecule has 0 saturated carbocycles. The predicted molar refractivity (Wildman–Crippen MR) is 96.3 cm³/mol. The molecule has 0 aliphatic carbocycles. The predicted octanol–water partition coefficient (Wildman–Crippen LogP) is 3.47. The minimum Gasteiger partial charge on any atom is -0.494 e. The zero-order chi connectivity index (χ0) is 17.5. The molecular weight excluding hydrogens is 322 g/mol. The topological polar surface area (TPSA) is 66.2 Å². The van der Waals surface area contributed by atoms with E-state index in [9.17, 15) is 10.1 Å². The summed E-state index contributed by atoms with van der Waals surface area (Å²) in [6, 6.07) is 9.58. The van der Waals surface area contributed by atoms with Gasteiger partial charge in [0, 0.05) is 18.5 Å². The number of hydrogen-bond acceptors (Lipinski definition) is 5. The molecule has 5 nitrogen and oxygen atoms in total. The van der Waals surface area contributed by atoms with E-state index in [1.54, 1.807) is 11.0 Å². The Bertz CT molecular complexity index is 767. The molecule has 2 aromatic rings. The summed E-state index contributed by atoms with van der Waals surface area (Å²) in [6.07, 6.45) is 0. The lowest BCUT2D eigenvalue weighted by molar-refractivity contribution is -0.127. The Morgan fingerprint density at radius 2 is 2.04 bits per heavy atom. The molecule has 0 fully saturated rings. The van der Waals surface area contributed by atoms with Gasteiger partial charge in [-0.25, -0.2) is 4.98 Å². The number of aromatic nitrogens is 1. The molecule has 0 saturated heterocycles. The molecule has 2 rings (SSSR count). The van der Waals surface area contributed by atoms with E-state index in [0.717, 1.165) is 16.7 Å². The van der Waals surface area contributed by atoms with Crippen LogP contribution in [0.1, 0.15) is 26.3 Å². The number of carbonyl (C=O) groups is 1. The molecular formula is C18H21N3O2S. The van der Waals surface area contributed by atoms with Crippen LogP contribution in [0.3, 0.4) is 0 Å². The second kappa shape index (κ2) is 8.55. The Labute approximate surface area is 146 Å². The summed E-state index contributed by atoms with van der Waals surface area (Å²) in [5.74, 6) is 1.10. The third-order valence-corrected chi connectivity index (χ3v) is 4.61. The van der Waals surface area contributed by atoms with Crippen LogP contribution in [0.2, 0.25) is 0 Å². The molecule has 0 atom stereocenters. The first-order valence-corrected chi connectivity index (χ1v) is 8.99. The van der Waals surface area contributed by atoms with Crippen molar-refractivity contribution in [1.29, 1.82) is 5.26 Å². The van der Waals surface area contributed by atoms with Gasteiger partial charge in [-0.15, -0.1) is 0 Å². The quantitative estimate of drug-likeness (QED) is 0.720. The van der Waals surface area contributed by atoms with Crippen LogP contribution in [0, 0.1) is 11.3 Å². The SMILES string of the molecule is CCOc1ccc2nc(SCC(=O)N(CC)CC)c(C#N)cc2c1. The highest BCUT2D eigenvalue weighted by Crippen LogP contribution is 2.27. The van der Waals surface area contributed by atoms with Gasteiger partial charge in [0.25, 0.3) is 0 Å². The van der Waals surface area contributed by atoms with Crippen LogP contribution in [0.25, 0.3) is 10.9 Å². The van der Waals surface area contributed by atoms with E-state index in [1.807, 2.05) is 39.0 Å². The van der Waals surface area contributed by atoms with Gasteiger partial charge in [0.1, 0.15) is 16.8 Å². The molecule has 24 heavy (non-hydrogen) atoms. The van der Waals surface area contributed by atoms with E-state index >= 15 is 0 Å². The number of ether oxygens (including phenoxy) is 1. The fraction of sp³-hybridized carbons (Fsp3) is 0.389. The van der Waals surface area contributed by atoms with Crippen molar-refractivity contribution in [3.05, 3.63) is 29.8 Å². The van der Waals surface area contributed by atoms with E-state index < -0.39 is 0 Å². The second-order valence-electron chi connectivity index (χ2n) is 5.10. The molecule has 6 heteroatoms. The summed E-state index contributed by atoms with van der Waals surface area (Å²) < 4.78 is 5.48. The minimum absolute atomic E-state index is 0.0579. The molecule has 1 aromatic heterocycles. The van der Waals surface area contributed by atoms with E-state index in [2.05, 4.69) is 11.1 Å². The maximum atomic E-state index is 12.1. The van der Waals surface area contributed by atoms with E-state index in [1.165, 1.54) is 11.8 Å². The standard InChI is InChI=1S/C18H21N3O2S/c1-4-21(5-2)17(22)12-24-18-14(11-19)9-13-10-15(23-6-3)7-8-16(13)20-18/h7-10H,4-6,12H2,1-3H3. The number of hydrogen-bond donors (Lipinski definition) is 0. The zero-order valence-corrected chi connectivity index (χ0v) is 15.0. The first-order chi connectivity index (χ1) is 11.6. The molecule has 0 unspecified atom stereocenters. The Morgan fingerprint density at radius 1 is 1.29 bits per heavy atom. The van der Waals surface area contributed by atoms with E-state index in [4.69, 9.17) is 4.74 Å². The largest absolute Gasteiger partial charge is 0.494 e. The first kappa shape index (κ1) is 18.1. The number of amides is 1. The Hall–Kier alpha value is -2.26. The first-order valence-electron chi connectivity index (χ1n) is 8.01. The van der Waals surface area contributed by atoms with Crippen LogP contribution in [0.4, 0.5) is 0 Å². The van der Waals surface area contributed by atoms with Gasteiger partial charge in [-0.3, -0.25) is 4.79 Å². The maximum Gasteiger partial charge on any atom is 0.232 e. The molecule has 1 amide bonds. The minimum atomic E-state index is 0.0579. The summed E-state index contributed by atoms with van der Waals surface area (Å²) in [5, 5.41) is 10.8. The molecule has 0 bridgehead atoms. The second-order valence-corrected chi connectivity index (χ2v) is 6.06. The van der Waals surface area contributed by atoms with Crippen molar-refractivity contribution in [3.63, 3.8) is 0 Å². The van der Waals surface area contributed by atoms with Gasteiger partial charge in [0.2, 0.25) is 5.91 Å². The van der Waals surface area contributed by atoms with Crippen LogP contribution in [0.5, 0.6) is 5.75 Å². The normalized spacial score (nSPS) is 10.4. The van der Waals surface area contributed by atoms with Crippen molar-refractivity contribution in [1.82, 2.24) is 9.88 Å². The molecule has 0 N–H and O–H groups in total. The number of pyridine rings is 1. The van der Waals surface area contributed by atoms with E-state index in [0.29, 0.717) is 30.3 Å². The number of rotatable bonds is 7. The summed E-state index contributed by atoms with van der Waals surface area (Å²) in [7, 11) is 0. The van der Waals surface area contributed by atoms with Gasteiger partial charge in [0.05, 0.1) is 23.4 Å². The Kier molecular flexibility index (Phi) is 6.44. The fourth-order valence-electron chi connectivity index (χ4n) is 2.38. The lowest BCUT2D eigenvalue weighted by Gasteiger charge is -2.18. The van der Waals surface area contributed by atoms with Gasteiger partial charge in [0.15, 0.2) is 0 Å². The lowest BCUT2D eigenvalue weighted by atomic mass is 10.1. The van der Waals surface area contributed by atoms with Gasteiger partial charge in [-0.1, -0.05) is 11.8 Å². The van der Waals surface area contributed by atoms with Crippen LogP contribution >= 0.6 is 11.8 Å². The summed E-state index contributed by atoms with van der Waals surface area (Å²) in [6.45, 7) is 7.80. The maximum absolute atomic E-state index is 12.1. The summed E-state index contributed by atoms with van der Waals surface area (Å²) in [5.41, 5.74) is 1.27. The monoisotopic (exact) mass is 343 g/mol. The summed E-state index contributed by atoms with van der Waals surface area (Å²) >= 11 is 1.31. The molecule has 1 aromatic carbocycles. The number of benzene rings is 1. The third-order valence-electron chi connectivity index (χ3n) is 3.63. The van der Waals surface area contributed by atoms with E-state index in [-0.39, 0.29) is 11.7 Å². The van der Waals surface area contributed by atoms with Gasteiger partial charge in [-0.05, 0) is 45.0 Å². The van der Waals surface area contributed by atoms with Crippen LogP contribution in [-0.4, -0.2) is 41.2 Å². The molecule has 1 heterocycles. The molecule has 126 valence electrons. The number of carbonyl (C=O) groups excluding carboxylic acids is 1. The van der Waals surface area contributed by atoms with Crippen molar-refractivity contribution in [2.45, 2.75) is 25.8 Å². The Balaban J connectivity index is 2.25. The van der Waals surface area contributed by atoms with Crippen molar-refractivity contribution >= 4 is 28.6 Å². The third kappa shape index (κ3) is 4.18. The summed E-state index contributed by atoms with van der Waals surface area (Å²) in [4.78, 5) is 18.5. The zero-order valence-electron chi connectivity index (χ0n) is 14.2. The van der Waals surface area contributed by atoms with Crippen molar-refractivity contribution in [3.8, 4) is 11.8 Å². The molecule has 0 radical (unpaired) electrons. The highest BCUT2D eigenvalue weighted by Gasteiger charge is 2.13. The van der Waals surface area contributed by atoms with Crippen molar-refractivity contribution < 1.29 is 9.53 Å². The van der Waals surface area contributed by atoms with Gasteiger partial charge in [-0.2, -0.15) is 5.26 Å². The molecule has 0 aliphatic rings. The van der Waals surface area contributed by atoms with Gasteiger partial charge >= 0.3 is 0 Å². The van der Waals surface area contributed by atoms with Gasteiger partial charge < -0.3 is 9.64 Å². The number of fused-ring (bicyclic) bond motifs is 1. The number of nitriles is 1. The van der Waals surface area contributed by atoms with Crippen molar-refractivity contribution in [2.24, 2.45) is 0 Å². The smallest absolute Gasteiger partial charge is 0.232 e. The van der Waals surface area contributed by atoms with Crippen LogP contribution in [0.15, 0.2) is 29.3 Å². The Morgan fingerprint density at radius 3 is 2.67 bits per heavy atom. The highest BCUT2D eigenvalue weighted by molar-refractivity contribution is 8.00. The molecule has 0 aliphatic heterocycles. The fourth-order valence-corrected chi connectivity index (χ4v) is 3.25. The number of thioether (sulfide) groups is 1. The average molecular weight is 343 g/mol. The lowest BCUT2D eigenvalue weighted by Crippen LogP contribution is -2.31. The van der Waals surface area contributed by atoms with Crippen LogP contribution < -0.4 is 4.74 Å². The van der Waals surface area contributed by atoms with Crippen molar-refractivity contribution in [2.75, 3.05) is 25.4 Å². The molecule has 0 spiro atoms. The average Bonchev–Trinajstić information content (AvgIpc) is 2.60.